The molecule has 0 fully saturated rings. The lowest BCUT2D eigenvalue weighted by Crippen LogP contribution is -2.41. The zero-order valence-electron chi connectivity index (χ0n) is 17.4. The van der Waals surface area contributed by atoms with E-state index in [9.17, 15) is 9.59 Å². The molecule has 0 unspecified atom stereocenters. The average Bonchev–Trinajstić information content (AvgIpc) is 3.41. The molecule has 6 rings (SSSR count). The van der Waals surface area contributed by atoms with Crippen molar-refractivity contribution in [2.75, 3.05) is 6.54 Å². The zero-order valence-corrected chi connectivity index (χ0v) is 17.4. The molecule has 1 amide bonds. The Kier molecular flexibility index (Phi) is 4.28. The number of ketones is 1. The Morgan fingerprint density at radius 1 is 1.06 bits per heavy atom. The van der Waals surface area contributed by atoms with Gasteiger partial charge in [0.05, 0.1) is 11.1 Å². The Labute approximate surface area is 183 Å². The van der Waals surface area contributed by atoms with Crippen molar-refractivity contribution >= 4 is 22.6 Å². The van der Waals surface area contributed by atoms with Gasteiger partial charge in [-0.25, -0.2) is 4.39 Å². The number of fused-ring (bicyclic) bond motifs is 4. The largest absolute Gasteiger partial charge is 0.468 e. The van der Waals surface area contributed by atoms with E-state index in [0.717, 1.165) is 28.6 Å². The molecule has 0 saturated heterocycles. The Morgan fingerprint density at radius 3 is 2.75 bits per heavy atom. The molecule has 6 heteroatoms. The van der Waals surface area contributed by atoms with Gasteiger partial charge in [-0.05, 0) is 30.5 Å². The van der Waals surface area contributed by atoms with Gasteiger partial charge in [0, 0.05) is 41.5 Å². The molecular weight excluding hydrogens is 407 g/mol. The predicted molar refractivity (Wildman–Crippen MR) is 117 cm³/mol. The third kappa shape index (κ3) is 2.75. The van der Waals surface area contributed by atoms with Crippen LogP contribution in [-0.2, 0) is 12.8 Å². The summed E-state index contributed by atoms with van der Waals surface area (Å²) in [4.78, 5) is 31.5. The highest BCUT2D eigenvalue weighted by Crippen LogP contribution is 2.40. The Morgan fingerprint density at radius 2 is 1.88 bits per heavy atom. The summed E-state index contributed by atoms with van der Waals surface area (Å²) in [5.74, 6) is -0.153. The molecule has 4 aromatic rings. The number of rotatable bonds is 2. The smallest absolute Gasteiger partial charge is 0.258 e. The van der Waals surface area contributed by atoms with Crippen molar-refractivity contribution in [2.45, 2.75) is 31.7 Å². The van der Waals surface area contributed by atoms with Gasteiger partial charge >= 0.3 is 0 Å². The number of benzene rings is 2. The van der Waals surface area contributed by atoms with Crippen LogP contribution in [-0.4, -0.2) is 28.1 Å². The SMILES string of the molecule is O=C1CCCc2occ(C(=O)N3CCc4c([nH]c5ccccc45)[C@H]3c3ccccc3F)c21. The Bertz CT molecular complexity index is 1380. The van der Waals surface area contributed by atoms with Crippen LogP contribution in [0.2, 0.25) is 0 Å². The minimum atomic E-state index is -0.621. The second kappa shape index (κ2) is 7.19. The molecule has 3 heterocycles. The first kappa shape index (κ1) is 19.0. The number of nitrogens with one attached hydrogen (secondary N) is 1. The molecule has 1 aliphatic heterocycles. The Balaban J connectivity index is 1.52. The van der Waals surface area contributed by atoms with Gasteiger partial charge in [0.15, 0.2) is 5.78 Å². The summed E-state index contributed by atoms with van der Waals surface area (Å²) in [7, 11) is 0. The summed E-state index contributed by atoms with van der Waals surface area (Å²) < 4.78 is 20.6. The van der Waals surface area contributed by atoms with E-state index in [-0.39, 0.29) is 23.1 Å². The van der Waals surface area contributed by atoms with E-state index < -0.39 is 6.04 Å². The summed E-state index contributed by atoms with van der Waals surface area (Å²) in [6, 6.07) is 13.9. The molecule has 2 aromatic carbocycles. The minimum Gasteiger partial charge on any atom is -0.468 e. The van der Waals surface area contributed by atoms with Crippen molar-refractivity contribution in [1.82, 2.24) is 9.88 Å². The highest BCUT2D eigenvalue weighted by molar-refractivity contribution is 6.09. The van der Waals surface area contributed by atoms with Gasteiger partial charge in [-0.15, -0.1) is 0 Å². The highest BCUT2D eigenvalue weighted by Gasteiger charge is 2.38. The van der Waals surface area contributed by atoms with E-state index in [1.54, 1.807) is 23.1 Å². The number of Topliss-reactive ketones (excluding diaryl/α,β-unsaturated/α-hetero) is 1. The van der Waals surface area contributed by atoms with Crippen molar-refractivity contribution in [3.8, 4) is 0 Å². The van der Waals surface area contributed by atoms with Gasteiger partial charge in [0.2, 0.25) is 0 Å². The molecule has 1 aliphatic carbocycles. The number of aromatic amines is 1. The van der Waals surface area contributed by atoms with Gasteiger partial charge in [0.25, 0.3) is 5.91 Å². The number of carbonyl (C=O) groups is 2. The summed E-state index contributed by atoms with van der Waals surface area (Å²) >= 11 is 0. The molecular formula is C26H21FN2O3. The summed E-state index contributed by atoms with van der Waals surface area (Å²) in [5.41, 5.74) is 3.99. The number of amides is 1. The fourth-order valence-electron chi connectivity index (χ4n) is 5.21. The van der Waals surface area contributed by atoms with E-state index in [1.807, 2.05) is 24.3 Å². The lowest BCUT2D eigenvalue weighted by molar-refractivity contribution is 0.0684. The third-order valence-corrected chi connectivity index (χ3v) is 6.68. The third-order valence-electron chi connectivity index (χ3n) is 6.68. The number of aromatic nitrogens is 1. The first-order chi connectivity index (χ1) is 15.6. The van der Waals surface area contributed by atoms with Crippen LogP contribution in [0.25, 0.3) is 10.9 Å². The maximum Gasteiger partial charge on any atom is 0.258 e. The molecule has 0 spiro atoms. The molecule has 32 heavy (non-hydrogen) atoms. The van der Waals surface area contributed by atoms with Crippen LogP contribution in [0.3, 0.4) is 0 Å². The van der Waals surface area contributed by atoms with E-state index in [0.29, 0.717) is 42.7 Å². The van der Waals surface area contributed by atoms with Crippen LogP contribution in [0.1, 0.15) is 62.2 Å². The lowest BCUT2D eigenvalue weighted by atomic mass is 9.90. The summed E-state index contributed by atoms with van der Waals surface area (Å²) in [6.07, 6.45) is 3.83. The van der Waals surface area contributed by atoms with E-state index in [4.69, 9.17) is 4.42 Å². The number of hydrogen-bond acceptors (Lipinski definition) is 3. The minimum absolute atomic E-state index is 0.0610. The quantitative estimate of drug-likeness (QED) is 0.477. The van der Waals surface area contributed by atoms with Gasteiger partial charge in [0.1, 0.15) is 23.9 Å². The number of para-hydroxylation sites is 1. The summed E-state index contributed by atoms with van der Waals surface area (Å²) in [6.45, 7) is 0.417. The molecule has 0 saturated carbocycles. The monoisotopic (exact) mass is 428 g/mol. The number of halogens is 1. The molecule has 5 nitrogen and oxygen atoms in total. The van der Waals surface area contributed by atoms with E-state index in [2.05, 4.69) is 4.98 Å². The second-order valence-corrected chi connectivity index (χ2v) is 8.46. The first-order valence-corrected chi connectivity index (χ1v) is 10.9. The maximum absolute atomic E-state index is 15.0. The van der Waals surface area contributed by atoms with E-state index in [1.165, 1.54) is 12.3 Å². The standard InChI is InChI=1S/C26H21FN2O3/c27-19-8-3-1-7-17(19)25-24-16(15-6-2-4-9-20(15)28-24)12-13-29(25)26(31)18-14-32-22-11-5-10-21(30)23(18)22/h1-4,6-9,14,25,28H,5,10-13H2/t25-/m1/s1. The van der Waals surface area contributed by atoms with Crippen LogP contribution in [0.15, 0.2) is 59.2 Å². The second-order valence-electron chi connectivity index (χ2n) is 8.46. The van der Waals surface area contributed by atoms with E-state index >= 15 is 4.39 Å². The van der Waals surface area contributed by atoms with Crippen molar-refractivity contribution in [1.29, 1.82) is 0 Å². The zero-order chi connectivity index (χ0) is 21.8. The van der Waals surface area contributed by atoms with Gasteiger partial charge in [-0.1, -0.05) is 36.4 Å². The van der Waals surface area contributed by atoms with Gasteiger partial charge in [-0.3, -0.25) is 9.59 Å². The number of furan rings is 1. The molecule has 0 radical (unpaired) electrons. The normalized spacial score (nSPS) is 18.0. The number of H-pyrrole nitrogens is 1. The van der Waals surface area contributed by atoms with Gasteiger partial charge in [-0.2, -0.15) is 0 Å². The Hall–Kier alpha value is -3.67. The first-order valence-electron chi connectivity index (χ1n) is 10.9. The molecule has 2 aliphatic rings. The fourth-order valence-corrected chi connectivity index (χ4v) is 5.21. The molecule has 1 atom stereocenters. The lowest BCUT2D eigenvalue weighted by Gasteiger charge is -2.36. The van der Waals surface area contributed by atoms with Gasteiger partial charge < -0.3 is 14.3 Å². The molecule has 2 aromatic heterocycles. The number of carbonyl (C=O) groups excluding carboxylic acids is 2. The van der Waals surface area contributed by atoms with Crippen molar-refractivity contribution in [2.24, 2.45) is 0 Å². The maximum atomic E-state index is 15.0. The predicted octanol–water partition coefficient (Wildman–Crippen LogP) is 5.21. The molecule has 0 bridgehead atoms. The fraction of sp³-hybridized carbons (Fsp3) is 0.231. The average molecular weight is 428 g/mol. The van der Waals surface area contributed by atoms with Crippen LogP contribution in [0, 0.1) is 5.82 Å². The summed E-state index contributed by atoms with van der Waals surface area (Å²) in [5, 5.41) is 1.09. The topological polar surface area (TPSA) is 66.3 Å². The highest BCUT2D eigenvalue weighted by atomic mass is 19.1. The van der Waals surface area contributed by atoms with Crippen LogP contribution < -0.4 is 0 Å². The van der Waals surface area contributed by atoms with Crippen LogP contribution in [0.5, 0.6) is 0 Å². The number of hydrogen-bond donors (Lipinski definition) is 1. The molecule has 160 valence electrons. The molecule has 1 N–H and O–H groups in total. The van der Waals surface area contributed by atoms with Crippen molar-refractivity contribution in [3.05, 3.63) is 94.3 Å². The number of nitrogens with zero attached hydrogens (tertiary/aromatic N) is 1. The van der Waals surface area contributed by atoms with Crippen LogP contribution >= 0.6 is 0 Å². The van der Waals surface area contributed by atoms with Crippen LogP contribution in [0.4, 0.5) is 4.39 Å². The van der Waals surface area contributed by atoms with Crippen molar-refractivity contribution < 1.29 is 18.4 Å². The van der Waals surface area contributed by atoms with Crippen molar-refractivity contribution in [3.63, 3.8) is 0 Å². The number of aryl methyl sites for hydroxylation is 1.